The van der Waals surface area contributed by atoms with E-state index in [1.807, 2.05) is 24.3 Å². The zero-order valence-corrected chi connectivity index (χ0v) is 15.2. The predicted octanol–water partition coefficient (Wildman–Crippen LogP) is 4.86. The number of halogens is 3. The molecule has 0 bridgehead atoms. The highest BCUT2D eigenvalue weighted by Crippen LogP contribution is 2.29. The highest BCUT2D eigenvalue weighted by Gasteiger charge is 2.30. The molecule has 3 rings (SSSR count). The van der Waals surface area contributed by atoms with Gasteiger partial charge >= 0.3 is 6.18 Å². The van der Waals surface area contributed by atoms with Crippen molar-refractivity contribution in [3.63, 3.8) is 0 Å². The van der Waals surface area contributed by atoms with Crippen LogP contribution < -0.4 is 5.32 Å². The van der Waals surface area contributed by atoms with Crippen molar-refractivity contribution in [1.29, 1.82) is 0 Å². The van der Waals surface area contributed by atoms with Gasteiger partial charge in [-0.1, -0.05) is 24.3 Å². The number of thioether (sulfide) groups is 1. The topological polar surface area (TPSA) is 42.0 Å². The summed E-state index contributed by atoms with van der Waals surface area (Å²) >= 11 is 3.02. The van der Waals surface area contributed by atoms with Crippen molar-refractivity contribution in [2.24, 2.45) is 0 Å². The van der Waals surface area contributed by atoms with Gasteiger partial charge in [0.25, 0.3) is 0 Å². The van der Waals surface area contributed by atoms with E-state index in [2.05, 4.69) is 10.3 Å². The van der Waals surface area contributed by atoms with Gasteiger partial charge in [-0.2, -0.15) is 13.2 Å². The number of para-hydroxylation sites is 1. The Kier molecular flexibility index (Phi) is 5.83. The number of hydrogen-bond acceptors (Lipinski definition) is 4. The van der Waals surface area contributed by atoms with Crippen LogP contribution in [-0.4, -0.2) is 16.6 Å². The molecule has 1 amide bonds. The van der Waals surface area contributed by atoms with Gasteiger partial charge in [-0.05, 0) is 29.8 Å². The second-order valence-corrected chi connectivity index (χ2v) is 7.64. The van der Waals surface area contributed by atoms with Crippen molar-refractivity contribution in [1.82, 2.24) is 10.3 Å². The van der Waals surface area contributed by atoms with Crippen LogP contribution in [0.1, 0.15) is 16.1 Å². The maximum atomic E-state index is 12.7. The zero-order valence-electron chi connectivity index (χ0n) is 13.5. The van der Waals surface area contributed by atoms with Crippen LogP contribution in [0.25, 0.3) is 10.2 Å². The fourth-order valence-electron chi connectivity index (χ4n) is 2.32. The Balaban J connectivity index is 1.46. The molecular formula is C18H15F3N2OS2. The van der Waals surface area contributed by atoms with Crippen LogP contribution in [0.15, 0.2) is 48.5 Å². The van der Waals surface area contributed by atoms with Gasteiger partial charge < -0.3 is 5.32 Å². The standard InChI is InChI=1S/C18H15F3N2OS2/c19-18(20,21)13-5-3-4-12(8-13)9-22-16(24)10-25-11-17-23-14-6-1-2-7-15(14)26-17/h1-8H,9-11H2,(H,22,24). The first-order valence-electron chi connectivity index (χ1n) is 7.77. The molecule has 0 saturated heterocycles. The van der Waals surface area contributed by atoms with Crippen LogP contribution in [0.4, 0.5) is 13.2 Å². The number of alkyl halides is 3. The first-order valence-corrected chi connectivity index (χ1v) is 9.74. The molecule has 0 saturated carbocycles. The summed E-state index contributed by atoms with van der Waals surface area (Å²) in [6.45, 7) is 0.0739. The minimum absolute atomic E-state index is 0.0739. The third-order valence-electron chi connectivity index (χ3n) is 3.54. The second kappa shape index (κ2) is 8.09. The number of amides is 1. The zero-order chi connectivity index (χ0) is 18.6. The van der Waals surface area contributed by atoms with E-state index < -0.39 is 11.7 Å². The highest BCUT2D eigenvalue weighted by atomic mass is 32.2. The molecule has 3 nitrogen and oxygen atoms in total. The summed E-state index contributed by atoms with van der Waals surface area (Å²) in [4.78, 5) is 16.4. The lowest BCUT2D eigenvalue weighted by atomic mass is 10.1. The molecule has 3 aromatic rings. The third kappa shape index (κ3) is 4.98. The molecule has 2 aromatic carbocycles. The number of fused-ring (bicyclic) bond motifs is 1. The molecule has 8 heteroatoms. The van der Waals surface area contributed by atoms with Crippen LogP contribution >= 0.6 is 23.1 Å². The first kappa shape index (κ1) is 18.7. The lowest BCUT2D eigenvalue weighted by Crippen LogP contribution is -2.24. The second-order valence-electron chi connectivity index (χ2n) is 5.54. The van der Waals surface area contributed by atoms with Crippen molar-refractivity contribution < 1.29 is 18.0 Å². The largest absolute Gasteiger partial charge is 0.416 e. The Morgan fingerprint density at radius 3 is 2.73 bits per heavy atom. The fourth-order valence-corrected chi connectivity index (χ4v) is 4.20. The van der Waals surface area contributed by atoms with Crippen molar-refractivity contribution in [3.05, 3.63) is 64.7 Å². The van der Waals surface area contributed by atoms with Gasteiger partial charge in [0.15, 0.2) is 0 Å². The number of aromatic nitrogens is 1. The predicted molar refractivity (Wildman–Crippen MR) is 99.1 cm³/mol. The monoisotopic (exact) mass is 396 g/mol. The normalized spacial score (nSPS) is 11.7. The fraction of sp³-hybridized carbons (Fsp3) is 0.222. The number of nitrogens with one attached hydrogen (secondary N) is 1. The number of carbonyl (C=O) groups is 1. The molecular weight excluding hydrogens is 381 g/mol. The van der Waals surface area contributed by atoms with Crippen molar-refractivity contribution >= 4 is 39.2 Å². The number of thiazole rings is 1. The third-order valence-corrected chi connectivity index (χ3v) is 5.70. The molecule has 1 N–H and O–H groups in total. The maximum absolute atomic E-state index is 12.7. The molecule has 0 atom stereocenters. The van der Waals surface area contributed by atoms with E-state index in [1.165, 1.54) is 17.8 Å². The van der Waals surface area contributed by atoms with Crippen LogP contribution in [0.2, 0.25) is 0 Å². The smallest absolute Gasteiger partial charge is 0.351 e. The number of hydrogen-bond donors (Lipinski definition) is 1. The van der Waals surface area contributed by atoms with Crippen molar-refractivity contribution in [2.45, 2.75) is 18.5 Å². The Hall–Kier alpha value is -2.06. The summed E-state index contributed by atoms with van der Waals surface area (Å²) in [6, 6.07) is 12.8. The summed E-state index contributed by atoms with van der Waals surface area (Å²) in [5.41, 5.74) is 0.654. The van der Waals surface area contributed by atoms with E-state index >= 15 is 0 Å². The summed E-state index contributed by atoms with van der Waals surface area (Å²) in [6.07, 6.45) is -4.38. The minimum atomic E-state index is -4.38. The van der Waals surface area contributed by atoms with Crippen LogP contribution in [0, 0.1) is 0 Å². The molecule has 0 fully saturated rings. The molecule has 0 radical (unpaired) electrons. The number of benzene rings is 2. The molecule has 0 aliphatic rings. The van der Waals surface area contributed by atoms with Gasteiger partial charge in [-0.15, -0.1) is 23.1 Å². The van der Waals surface area contributed by atoms with E-state index in [0.717, 1.165) is 27.4 Å². The van der Waals surface area contributed by atoms with Crippen LogP contribution in [0.3, 0.4) is 0 Å². The lowest BCUT2D eigenvalue weighted by Gasteiger charge is -2.09. The van der Waals surface area contributed by atoms with E-state index in [4.69, 9.17) is 0 Å². The van der Waals surface area contributed by atoms with Gasteiger partial charge in [0.1, 0.15) is 5.01 Å². The Bertz CT molecular complexity index is 876. The van der Waals surface area contributed by atoms with Crippen molar-refractivity contribution in [2.75, 3.05) is 5.75 Å². The van der Waals surface area contributed by atoms with Gasteiger partial charge in [0.05, 0.1) is 21.5 Å². The van der Waals surface area contributed by atoms with E-state index in [0.29, 0.717) is 11.3 Å². The lowest BCUT2D eigenvalue weighted by molar-refractivity contribution is -0.137. The number of carbonyl (C=O) groups excluding carboxylic acids is 1. The maximum Gasteiger partial charge on any atom is 0.416 e. The minimum Gasteiger partial charge on any atom is -0.351 e. The summed E-state index contributed by atoms with van der Waals surface area (Å²) in [7, 11) is 0. The van der Waals surface area contributed by atoms with Crippen LogP contribution in [0.5, 0.6) is 0 Å². The Morgan fingerprint density at radius 1 is 1.15 bits per heavy atom. The Labute approximate surface area is 156 Å². The molecule has 136 valence electrons. The SMILES string of the molecule is O=C(CSCc1nc2ccccc2s1)NCc1cccc(C(F)(F)F)c1. The Morgan fingerprint density at radius 2 is 1.96 bits per heavy atom. The van der Waals surface area contributed by atoms with Gasteiger partial charge in [-0.25, -0.2) is 4.98 Å². The van der Waals surface area contributed by atoms with Gasteiger partial charge in [0.2, 0.25) is 5.91 Å². The summed E-state index contributed by atoms with van der Waals surface area (Å²) < 4.78 is 39.1. The van der Waals surface area contributed by atoms with E-state index in [9.17, 15) is 18.0 Å². The molecule has 0 unspecified atom stereocenters. The molecule has 26 heavy (non-hydrogen) atoms. The van der Waals surface area contributed by atoms with Crippen LogP contribution in [-0.2, 0) is 23.3 Å². The summed E-state index contributed by atoms with van der Waals surface area (Å²) in [5, 5.41) is 3.59. The molecule has 0 aliphatic heterocycles. The molecule has 1 aromatic heterocycles. The highest BCUT2D eigenvalue weighted by molar-refractivity contribution is 7.99. The van der Waals surface area contributed by atoms with Gasteiger partial charge in [0, 0.05) is 12.3 Å². The van der Waals surface area contributed by atoms with E-state index in [1.54, 1.807) is 17.4 Å². The average molecular weight is 396 g/mol. The molecule has 0 aliphatic carbocycles. The quantitative estimate of drug-likeness (QED) is 0.647. The number of nitrogens with zero attached hydrogens (tertiary/aromatic N) is 1. The number of rotatable bonds is 6. The summed E-state index contributed by atoms with van der Waals surface area (Å²) in [5.74, 6) is 0.638. The molecule has 0 spiro atoms. The van der Waals surface area contributed by atoms with E-state index in [-0.39, 0.29) is 18.2 Å². The van der Waals surface area contributed by atoms with Gasteiger partial charge in [-0.3, -0.25) is 4.79 Å². The van der Waals surface area contributed by atoms with Crippen molar-refractivity contribution in [3.8, 4) is 0 Å². The first-order chi connectivity index (χ1) is 12.4. The average Bonchev–Trinajstić information content (AvgIpc) is 3.02. The molecule has 1 heterocycles.